The molecule has 2 heterocycles. The number of nitrogens with zero attached hydrogens (tertiary/aromatic N) is 1. The lowest BCUT2D eigenvalue weighted by molar-refractivity contribution is -0.122. The topological polar surface area (TPSA) is 73.5 Å². The average Bonchev–Trinajstić information content (AvgIpc) is 3.00. The van der Waals surface area contributed by atoms with Gasteiger partial charge in [0.1, 0.15) is 6.04 Å². The molecule has 7 heteroatoms. The number of thioether (sulfide) groups is 1. The van der Waals surface area contributed by atoms with E-state index in [1.54, 1.807) is 0 Å². The molecule has 3 N–H and O–H groups in total. The summed E-state index contributed by atoms with van der Waals surface area (Å²) in [5.74, 6) is 2.20. The second-order valence-electron chi connectivity index (χ2n) is 5.39. The van der Waals surface area contributed by atoms with Gasteiger partial charge in [-0.05, 0) is 17.7 Å². The lowest BCUT2D eigenvalue weighted by atomic mass is 10.2. The fourth-order valence-corrected chi connectivity index (χ4v) is 3.47. The maximum atomic E-state index is 11.9. The van der Waals surface area contributed by atoms with Crippen LogP contribution in [0.3, 0.4) is 0 Å². The SMILES string of the molecule is O=C1NCC(C(=O)NCc2ccc(N3CCSCC3)cc2)N1. The highest BCUT2D eigenvalue weighted by molar-refractivity contribution is 7.99. The number of hydrogen-bond donors (Lipinski definition) is 3. The molecule has 2 fully saturated rings. The Kier molecular flexibility index (Phi) is 4.72. The number of carbonyl (C=O) groups is 2. The minimum Gasteiger partial charge on any atom is -0.370 e. The number of amides is 3. The normalized spacial score (nSPS) is 21.2. The van der Waals surface area contributed by atoms with E-state index in [0.29, 0.717) is 13.1 Å². The molecule has 1 unspecified atom stereocenters. The van der Waals surface area contributed by atoms with Crippen molar-refractivity contribution in [2.45, 2.75) is 12.6 Å². The van der Waals surface area contributed by atoms with E-state index in [9.17, 15) is 9.59 Å². The van der Waals surface area contributed by atoms with Crippen molar-refractivity contribution in [3.05, 3.63) is 29.8 Å². The van der Waals surface area contributed by atoms with Crippen molar-refractivity contribution in [3.8, 4) is 0 Å². The van der Waals surface area contributed by atoms with Gasteiger partial charge in [-0.3, -0.25) is 4.79 Å². The van der Waals surface area contributed by atoms with E-state index in [2.05, 4.69) is 33.0 Å². The maximum absolute atomic E-state index is 11.9. The van der Waals surface area contributed by atoms with Crippen molar-refractivity contribution < 1.29 is 9.59 Å². The van der Waals surface area contributed by atoms with E-state index in [-0.39, 0.29) is 11.9 Å². The molecule has 2 aliphatic heterocycles. The summed E-state index contributed by atoms with van der Waals surface area (Å²) in [6.07, 6.45) is 0. The zero-order chi connectivity index (χ0) is 15.4. The zero-order valence-electron chi connectivity index (χ0n) is 12.3. The van der Waals surface area contributed by atoms with E-state index in [0.717, 1.165) is 18.7 Å². The molecule has 2 aliphatic rings. The molecule has 118 valence electrons. The van der Waals surface area contributed by atoms with E-state index in [1.165, 1.54) is 17.2 Å². The number of carbonyl (C=O) groups excluding carboxylic acids is 2. The fourth-order valence-electron chi connectivity index (χ4n) is 2.57. The number of rotatable bonds is 4. The highest BCUT2D eigenvalue weighted by Crippen LogP contribution is 2.19. The van der Waals surface area contributed by atoms with Crippen molar-refractivity contribution in [2.24, 2.45) is 0 Å². The molecule has 0 aromatic heterocycles. The summed E-state index contributed by atoms with van der Waals surface area (Å²) < 4.78 is 0. The van der Waals surface area contributed by atoms with Crippen LogP contribution >= 0.6 is 11.8 Å². The first-order valence-electron chi connectivity index (χ1n) is 7.46. The molecule has 2 saturated heterocycles. The number of nitrogens with one attached hydrogen (secondary N) is 3. The van der Waals surface area contributed by atoms with Crippen LogP contribution < -0.4 is 20.9 Å². The van der Waals surface area contributed by atoms with Crippen molar-refractivity contribution in [1.29, 1.82) is 0 Å². The predicted octanol–water partition coefficient (Wildman–Crippen LogP) is 0.537. The van der Waals surface area contributed by atoms with Crippen LogP contribution in [0.15, 0.2) is 24.3 Å². The first kappa shape index (κ1) is 15.0. The van der Waals surface area contributed by atoms with Gasteiger partial charge in [-0.25, -0.2) is 4.79 Å². The summed E-state index contributed by atoms with van der Waals surface area (Å²) in [5, 5.41) is 8.00. The van der Waals surface area contributed by atoms with Gasteiger partial charge in [-0.1, -0.05) is 12.1 Å². The Balaban J connectivity index is 1.50. The van der Waals surface area contributed by atoms with Crippen LogP contribution in [0.1, 0.15) is 5.56 Å². The molecule has 6 nitrogen and oxygen atoms in total. The molecule has 22 heavy (non-hydrogen) atoms. The fraction of sp³-hybridized carbons (Fsp3) is 0.467. The van der Waals surface area contributed by atoms with Crippen LogP contribution in [0.5, 0.6) is 0 Å². The molecular weight excluding hydrogens is 300 g/mol. The molecule has 1 aromatic carbocycles. The Hall–Kier alpha value is -1.89. The highest BCUT2D eigenvalue weighted by Gasteiger charge is 2.26. The third-order valence-electron chi connectivity index (χ3n) is 3.87. The van der Waals surface area contributed by atoms with Gasteiger partial charge in [-0.2, -0.15) is 11.8 Å². The molecule has 3 rings (SSSR count). The number of anilines is 1. The molecule has 3 amide bonds. The Morgan fingerprint density at radius 1 is 1.27 bits per heavy atom. The van der Waals surface area contributed by atoms with Crippen molar-refractivity contribution in [1.82, 2.24) is 16.0 Å². The third kappa shape index (κ3) is 3.65. The van der Waals surface area contributed by atoms with Gasteiger partial charge >= 0.3 is 6.03 Å². The van der Waals surface area contributed by atoms with Gasteiger partial charge in [0, 0.05) is 43.4 Å². The Bertz CT molecular complexity index is 543. The molecule has 0 aliphatic carbocycles. The second-order valence-corrected chi connectivity index (χ2v) is 6.62. The van der Waals surface area contributed by atoms with E-state index < -0.39 is 6.04 Å². The summed E-state index contributed by atoms with van der Waals surface area (Å²) in [6, 6.07) is 7.54. The van der Waals surface area contributed by atoms with Crippen molar-refractivity contribution in [3.63, 3.8) is 0 Å². The van der Waals surface area contributed by atoms with Gasteiger partial charge in [-0.15, -0.1) is 0 Å². The van der Waals surface area contributed by atoms with E-state index in [1.807, 2.05) is 23.9 Å². The van der Waals surface area contributed by atoms with Crippen LogP contribution in [0.2, 0.25) is 0 Å². The first-order valence-corrected chi connectivity index (χ1v) is 8.61. The lowest BCUT2D eigenvalue weighted by Crippen LogP contribution is -2.42. The molecule has 0 spiro atoms. The first-order chi connectivity index (χ1) is 10.7. The van der Waals surface area contributed by atoms with E-state index in [4.69, 9.17) is 0 Å². The van der Waals surface area contributed by atoms with Gasteiger partial charge in [0.2, 0.25) is 5.91 Å². The van der Waals surface area contributed by atoms with Crippen LogP contribution in [0, 0.1) is 0 Å². The Morgan fingerprint density at radius 2 is 2.00 bits per heavy atom. The number of benzene rings is 1. The molecule has 0 saturated carbocycles. The second kappa shape index (κ2) is 6.91. The predicted molar refractivity (Wildman–Crippen MR) is 88.1 cm³/mol. The van der Waals surface area contributed by atoms with Gasteiger partial charge in [0.05, 0.1) is 0 Å². The molecular formula is C15H20N4O2S. The van der Waals surface area contributed by atoms with Crippen LogP contribution in [0.4, 0.5) is 10.5 Å². The highest BCUT2D eigenvalue weighted by atomic mass is 32.2. The Morgan fingerprint density at radius 3 is 2.64 bits per heavy atom. The number of hydrogen-bond acceptors (Lipinski definition) is 4. The third-order valence-corrected chi connectivity index (χ3v) is 4.81. The lowest BCUT2D eigenvalue weighted by Gasteiger charge is -2.28. The summed E-state index contributed by atoms with van der Waals surface area (Å²) in [7, 11) is 0. The summed E-state index contributed by atoms with van der Waals surface area (Å²) in [6.45, 7) is 3.00. The van der Waals surface area contributed by atoms with Crippen LogP contribution in [0.25, 0.3) is 0 Å². The smallest absolute Gasteiger partial charge is 0.315 e. The number of urea groups is 1. The average molecular weight is 320 g/mol. The van der Waals surface area contributed by atoms with Gasteiger partial charge in [0.15, 0.2) is 0 Å². The quantitative estimate of drug-likeness (QED) is 0.757. The zero-order valence-corrected chi connectivity index (χ0v) is 13.1. The van der Waals surface area contributed by atoms with Gasteiger partial charge < -0.3 is 20.9 Å². The van der Waals surface area contributed by atoms with Crippen molar-refractivity contribution >= 4 is 29.4 Å². The monoisotopic (exact) mass is 320 g/mol. The minimum absolute atomic E-state index is 0.157. The summed E-state index contributed by atoms with van der Waals surface area (Å²) in [4.78, 5) is 25.3. The Labute approximate surface area is 134 Å². The van der Waals surface area contributed by atoms with E-state index >= 15 is 0 Å². The minimum atomic E-state index is -0.474. The van der Waals surface area contributed by atoms with Crippen LogP contribution in [-0.4, -0.2) is 49.1 Å². The molecule has 1 atom stereocenters. The summed E-state index contributed by atoms with van der Waals surface area (Å²) >= 11 is 2.00. The molecule has 0 radical (unpaired) electrons. The maximum Gasteiger partial charge on any atom is 0.315 e. The standard InChI is InChI=1S/C15H20N4O2S/c20-14(13-10-17-15(21)18-13)16-9-11-1-3-12(4-2-11)19-5-7-22-8-6-19/h1-4,13H,5-10H2,(H,16,20)(H2,17,18,21). The molecule has 0 bridgehead atoms. The van der Waals surface area contributed by atoms with Crippen molar-refractivity contribution in [2.75, 3.05) is 36.0 Å². The molecule has 1 aromatic rings. The largest absolute Gasteiger partial charge is 0.370 e. The summed E-state index contributed by atoms with van der Waals surface area (Å²) in [5.41, 5.74) is 2.29. The van der Waals surface area contributed by atoms with Gasteiger partial charge in [0.25, 0.3) is 0 Å². The van der Waals surface area contributed by atoms with Crippen LogP contribution in [-0.2, 0) is 11.3 Å².